The van der Waals surface area contributed by atoms with Crippen molar-refractivity contribution in [1.82, 2.24) is 4.90 Å². The summed E-state index contributed by atoms with van der Waals surface area (Å²) in [6, 6.07) is 3.91. The van der Waals surface area contributed by atoms with Crippen molar-refractivity contribution in [2.75, 3.05) is 6.54 Å². The van der Waals surface area contributed by atoms with E-state index in [9.17, 15) is 9.59 Å². The lowest BCUT2D eigenvalue weighted by Gasteiger charge is -2.21. The van der Waals surface area contributed by atoms with E-state index in [1.165, 1.54) is 4.90 Å². The van der Waals surface area contributed by atoms with Crippen molar-refractivity contribution in [3.63, 3.8) is 0 Å². The Morgan fingerprint density at radius 3 is 2.42 bits per heavy atom. The van der Waals surface area contributed by atoms with Gasteiger partial charge in [-0.2, -0.15) is 0 Å². The molecule has 1 saturated carbocycles. The van der Waals surface area contributed by atoms with E-state index in [0.717, 1.165) is 23.6 Å². The number of nitrogens with zero attached hydrogens (tertiary/aromatic N) is 1. The summed E-state index contributed by atoms with van der Waals surface area (Å²) in [5.41, 5.74) is 0.602. The molecule has 0 heterocycles. The number of benzene rings is 1. The zero-order valence-electron chi connectivity index (χ0n) is 9.70. The molecule has 0 atom stereocenters. The van der Waals surface area contributed by atoms with Gasteiger partial charge < -0.3 is 10.0 Å². The minimum atomic E-state index is -0.962. The van der Waals surface area contributed by atoms with Crippen LogP contribution in [0.25, 0.3) is 0 Å². The van der Waals surface area contributed by atoms with Crippen molar-refractivity contribution in [3.05, 3.63) is 28.4 Å². The van der Waals surface area contributed by atoms with Crippen molar-refractivity contribution in [3.8, 4) is 0 Å². The number of amides is 1. The first-order valence-electron chi connectivity index (χ1n) is 5.57. The Morgan fingerprint density at radius 2 is 1.89 bits per heavy atom. The number of hydrogen-bond donors (Lipinski definition) is 1. The Balaban J connectivity index is 2.33. The summed E-state index contributed by atoms with van der Waals surface area (Å²) >= 11 is 6.50. The van der Waals surface area contributed by atoms with Gasteiger partial charge in [0.15, 0.2) is 0 Å². The molecule has 1 aliphatic rings. The molecule has 0 aliphatic heterocycles. The van der Waals surface area contributed by atoms with E-state index in [-0.39, 0.29) is 18.5 Å². The quantitative estimate of drug-likeness (QED) is 0.429. The Hall–Kier alpha value is 0.350. The van der Waals surface area contributed by atoms with Crippen molar-refractivity contribution in [2.24, 2.45) is 0 Å². The molecule has 7 heteroatoms. The summed E-state index contributed by atoms with van der Waals surface area (Å²) in [5, 5.41) is 8.94. The molecule has 0 bridgehead atoms. The van der Waals surface area contributed by atoms with Crippen molar-refractivity contribution < 1.29 is 14.7 Å². The maximum atomic E-state index is 12.5. The van der Waals surface area contributed by atoms with E-state index < -0.39 is 5.97 Å². The van der Waals surface area contributed by atoms with Gasteiger partial charge in [0.2, 0.25) is 0 Å². The zero-order chi connectivity index (χ0) is 14.2. The standard InChI is InChI=1S/C12H10I3NO3/c13-6-3-8(11(15)9(14)4-6)12(19)16(5-10(17)18)7-1-2-7/h3-4,7H,1-2,5H2,(H,17,18). The summed E-state index contributed by atoms with van der Waals surface area (Å²) in [6.45, 7) is -0.221. The Morgan fingerprint density at radius 1 is 1.26 bits per heavy atom. The molecule has 1 N–H and O–H groups in total. The van der Waals surface area contributed by atoms with Crippen LogP contribution < -0.4 is 0 Å². The summed E-state index contributed by atoms with van der Waals surface area (Å²) in [6.07, 6.45) is 1.80. The smallest absolute Gasteiger partial charge is 0.323 e. The molecule has 0 saturated heterocycles. The highest BCUT2D eigenvalue weighted by Gasteiger charge is 2.35. The van der Waals surface area contributed by atoms with Crippen LogP contribution >= 0.6 is 67.8 Å². The number of carboxylic acid groups (broad SMARTS) is 1. The summed E-state index contributed by atoms with van der Waals surface area (Å²) < 4.78 is 2.89. The molecular weight excluding hydrogens is 587 g/mol. The first-order chi connectivity index (χ1) is 8.90. The van der Waals surface area contributed by atoms with Gasteiger partial charge in [0, 0.05) is 16.8 Å². The molecule has 0 radical (unpaired) electrons. The number of aliphatic carboxylic acids is 1. The van der Waals surface area contributed by atoms with Crippen LogP contribution in [-0.4, -0.2) is 34.5 Å². The van der Waals surface area contributed by atoms with Crippen LogP contribution in [0.15, 0.2) is 12.1 Å². The monoisotopic (exact) mass is 597 g/mol. The fourth-order valence-electron chi connectivity index (χ4n) is 1.76. The fraction of sp³-hybridized carbons (Fsp3) is 0.333. The molecule has 1 fully saturated rings. The molecule has 2 rings (SSSR count). The van der Waals surface area contributed by atoms with Crippen LogP contribution in [-0.2, 0) is 4.79 Å². The van der Waals surface area contributed by atoms with E-state index in [4.69, 9.17) is 5.11 Å². The van der Waals surface area contributed by atoms with Crippen molar-refractivity contribution in [1.29, 1.82) is 0 Å². The normalized spacial score (nSPS) is 14.3. The molecule has 4 nitrogen and oxygen atoms in total. The van der Waals surface area contributed by atoms with Gasteiger partial charge in [-0.25, -0.2) is 0 Å². The average Bonchev–Trinajstić information content (AvgIpc) is 3.13. The molecule has 1 aliphatic carbocycles. The Kier molecular flexibility index (Phi) is 5.31. The van der Waals surface area contributed by atoms with Crippen LogP contribution in [0, 0.1) is 10.7 Å². The molecule has 0 aromatic heterocycles. The third-order valence-electron chi connectivity index (χ3n) is 2.78. The topological polar surface area (TPSA) is 57.6 Å². The van der Waals surface area contributed by atoms with Crippen LogP contribution in [0.1, 0.15) is 23.2 Å². The van der Waals surface area contributed by atoms with E-state index in [2.05, 4.69) is 67.8 Å². The lowest BCUT2D eigenvalue weighted by Crippen LogP contribution is -2.38. The number of carbonyl (C=O) groups is 2. The SMILES string of the molecule is O=C(O)CN(C(=O)c1cc(I)cc(I)c1I)C1CC1. The van der Waals surface area contributed by atoms with Gasteiger partial charge in [-0.05, 0) is 92.7 Å². The number of rotatable bonds is 4. The highest BCUT2D eigenvalue weighted by Crippen LogP contribution is 2.30. The first kappa shape index (κ1) is 15.7. The van der Waals surface area contributed by atoms with Gasteiger partial charge >= 0.3 is 5.97 Å². The molecule has 19 heavy (non-hydrogen) atoms. The predicted octanol–water partition coefficient (Wildman–Crippen LogP) is 3.19. The Bertz CT molecular complexity index is 543. The zero-order valence-corrected chi connectivity index (χ0v) is 16.2. The summed E-state index contributed by atoms with van der Waals surface area (Å²) in [7, 11) is 0. The van der Waals surface area contributed by atoms with E-state index >= 15 is 0 Å². The molecule has 0 spiro atoms. The second kappa shape index (κ2) is 6.41. The van der Waals surface area contributed by atoms with Crippen LogP contribution in [0.4, 0.5) is 0 Å². The van der Waals surface area contributed by atoms with Crippen LogP contribution in [0.3, 0.4) is 0 Å². The van der Waals surface area contributed by atoms with Crippen LogP contribution in [0.5, 0.6) is 0 Å². The number of hydrogen-bond acceptors (Lipinski definition) is 2. The molecule has 0 unspecified atom stereocenters. The van der Waals surface area contributed by atoms with Gasteiger partial charge in [0.25, 0.3) is 5.91 Å². The molecule has 1 amide bonds. The number of halogens is 3. The molecule has 102 valence electrons. The van der Waals surface area contributed by atoms with Gasteiger partial charge in [-0.15, -0.1) is 0 Å². The maximum absolute atomic E-state index is 12.5. The third-order valence-corrected chi connectivity index (χ3v) is 6.45. The van der Waals surface area contributed by atoms with Gasteiger partial charge in [-0.1, -0.05) is 0 Å². The highest BCUT2D eigenvalue weighted by atomic mass is 127. The van der Waals surface area contributed by atoms with E-state index in [1.807, 2.05) is 12.1 Å². The van der Waals surface area contributed by atoms with Gasteiger partial charge in [0.1, 0.15) is 6.54 Å². The summed E-state index contributed by atoms with van der Waals surface area (Å²) in [4.78, 5) is 24.9. The average molecular weight is 597 g/mol. The Labute approximate surface area is 151 Å². The van der Waals surface area contributed by atoms with Gasteiger partial charge in [-0.3, -0.25) is 9.59 Å². The summed E-state index contributed by atoms with van der Waals surface area (Å²) in [5.74, 6) is -1.14. The molecule has 1 aromatic rings. The van der Waals surface area contributed by atoms with Crippen molar-refractivity contribution in [2.45, 2.75) is 18.9 Å². The lowest BCUT2D eigenvalue weighted by molar-refractivity contribution is -0.137. The minimum Gasteiger partial charge on any atom is -0.480 e. The fourth-order valence-corrected chi connectivity index (χ4v) is 4.15. The predicted molar refractivity (Wildman–Crippen MR) is 96.3 cm³/mol. The maximum Gasteiger partial charge on any atom is 0.323 e. The van der Waals surface area contributed by atoms with Crippen LogP contribution in [0.2, 0.25) is 0 Å². The van der Waals surface area contributed by atoms with Crippen molar-refractivity contribution >= 4 is 79.6 Å². The second-order valence-corrected chi connectivity index (χ2v) is 7.79. The number of carboxylic acids is 1. The number of carbonyl (C=O) groups excluding carboxylic acids is 1. The second-order valence-electron chi connectivity index (χ2n) is 4.31. The van der Waals surface area contributed by atoms with E-state index in [0.29, 0.717) is 5.56 Å². The lowest BCUT2D eigenvalue weighted by atomic mass is 10.2. The largest absolute Gasteiger partial charge is 0.480 e. The molecule has 1 aromatic carbocycles. The minimum absolute atomic E-state index is 0.0925. The highest BCUT2D eigenvalue weighted by molar-refractivity contribution is 14.1. The van der Waals surface area contributed by atoms with E-state index in [1.54, 1.807) is 0 Å². The molecular formula is C12H10I3NO3. The van der Waals surface area contributed by atoms with Gasteiger partial charge in [0.05, 0.1) is 5.56 Å². The first-order valence-corrected chi connectivity index (χ1v) is 8.81. The third kappa shape index (κ3) is 3.93.